The molecule has 1 fully saturated rings. The van der Waals surface area contributed by atoms with Crippen LogP contribution in [-0.2, 0) is 4.79 Å². The van der Waals surface area contributed by atoms with Gasteiger partial charge in [-0.1, -0.05) is 18.2 Å². The van der Waals surface area contributed by atoms with Crippen LogP contribution in [0.3, 0.4) is 0 Å². The Morgan fingerprint density at radius 3 is 2.54 bits per heavy atom. The summed E-state index contributed by atoms with van der Waals surface area (Å²) in [7, 11) is 0. The number of hydrogen-bond acceptors (Lipinski definition) is 3. The second-order valence-electron chi connectivity index (χ2n) is 6.22. The van der Waals surface area contributed by atoms with Crippen molar-refractivity contribution in [2.45, 2.75) is 18.6 Å². The third kappa shape index (κ3) is 4.43. The molecule has 26 heavy (non-hydrogen) atoms. The van der Waals surface area contributed by atoms with Crippen molar-refractivity contribution in [1.82, 2.24) is 4.90 Å². The second kappa shape index (κ2) is 8.36. The summed E-state index contributed by atoms with van der Waals surface area (Å²) in [4.78, 5) is 25.6. The lowest BCUT2D eigenvalue weighted by atomic mass is 10.1. The fourth-order valence-electron chi connectivity index (χ4n) is 3.04. The van der Waals surface area contributed by atoms with Gasteiger partial charge in [0.05, 0.1) is 0 Å². The molecule has 1 aliphatic rings. The van der Waals surface area contributed by atoms with Gasteiger partial charge < -0.3 is 10.2 Å². The summed E-state index contributed by atoms with van der Waals surface area (Å²) < 4.78 is 14.0. The Balaban J connectivity index is 1.66. The molecule has 0 spiro atoms. The maximum Gasteiger partial charge on any atom is 0.253 e. The van der Waals surface area contributed by atoms with Crippen LogP contribution < -0.4 is 5.32 Å². The van der Waals surface area contributed by atoms with Crippen LogP contribution in [0, 0.1) is 5.82 Å². The van der Waals surface area contributed by atoms with E-state index in [9.17, 15) is 14.0 Å². The van der Waals surface area contributed by atoms with Gasteiger partial charge in [-0.3, -0.25) is 9.59 Å². The second-order valence-corrected chi connectivity index (χ2v) is 7.53. The molecule has 2 aromatic carbocycles. The van der Waals surface area contributed by atoms with Crippen molar-refractivity contribution in [3.8, 4) is 0 Å². The lowest BCUT2D eigenvalue weighted by molar-refractivity contribution is -0.114. The Labute approximate surface area is 156 Å². The molecule has 1 N–H and O–H groups in total. The summed E-state index contributed by atoms with van der Waals surface area (Å²) in [6.45, 7) is 2.68. The molecule has 0 unspecified atom stereocenters. The summed E-state index contributed by atoms with van der Waals surface area (Å²) in [5.74, 6) is 0.412. The van der Waals surface area contributed by atoms with E-state index < -0.39 is 0 Å². The van der Waals surface area contributed by atoms with Crippen molar-refractivity contribution in [2.75, 3.05) is 24.2 Å². The third-order valence-corrected chi connectivity index (χ3v) is 5.64. The summed E-state index contributed by atoms with van der Waals surface area (Å²) in [5.41, 5.74) is 1.97. The SMILES string of the molecule is CC(=O)Nc1ccc(C(=O)N2CCS[C@@H](c3ccccc3F)CC2)cc1. The minimum absolute atomic E-state index is 0.0332. The molecule has 1 heterocycles. The Hall–Kier alpha value is -2.34. The quantitative estimate of drug-likeness (QED) is 0.882. The molecule has 0 aromatic heterocycles. The van der Waals surface area contributed by atoms with Crippen molar-refractivity contribution >= 4 is 29.3 Å². The van der Waals surface area contributed by atoms with Crippen LogP contribution in [0.15, 0.2) is 48.5 Å². The zero-order chi connectivity index (χ0) is 18.5. The van der Waals surface area contributed by atoms with E-state index in [4.69, 9.17) is 0 Å². The molecule has 136 valence electrons. The maximum absolute atomic E-state index is 14.0. The Bertz CT molecular complexity index is 795. The molecule has 1 aliphatic heterocycles. The molecule has 2 amide bonds. The summed E-state index contributed by atoms with van der Waals surface area (Å²) >= 11 is 1.70. The molecule has 0 aliphatic carbocycles. The average Bonchev–Trinajstić information content (AvgIpc) is 2.88. The van der Waals surface area contributed by atoms with E-state index in [1.165, 1.54) is 13.0 Å². The van der Waals surface area contributed by atoms with Gasteiger partial charge >= 0.3 is 0 Å². The van der Waals surface area contributed by atoms with E-state index in [1.54, 1.807) is 42.1 Å². The number of rotatable bonds is 3. The summed E-state index contributed by atoms with van der Waals surface area (Å²) in [6, 6.07) is 13.8. The van der Waals surface area contributed by atoms with E-state index in [0.717, 1.165) is 12.2 Å². The highest BCUT2D eigenvalue weighted by molar-refractivity contribution is 7.99. The van der Waals surface area contributed by atoms with Gasteiger partial charge in [-0.2, -0.15) is 11.8 Å². The standard InChI is InChI=1S/C20H21FN2O2S/c1-14(24)22-16-8-6-15(7-9-16)20(25)23-11-10-19(26-13-12-23)17-4-2-3-5-18(17)21/h2-9,19H,10-13H2,1H3,(H,22,24)/t19-/m1/s1. The number of hydrogen-bond donors (Lipinski definition) is 1. The predicted molar refractivity (Wildman–Crippen MR) is 103 cm³/mol. The zero-order valence-corrected chi connectivity index (χ0v) is 15.4. The van der Waals surface area contributed by atoms with Gasteiger partial charge in [-0.25, -0.2) is 4.39 Å². The van der Waals surface area contributed by atoms with Crippen LogP contribution in [0.2, 0.25) is 0 Å². The Morgan fingerprint density at radius 2 is 1.85 bits per heavy atom. The van der Waals surface area contributed by atoms with Crippen LogP contribution in [0.25, 0.3) is 0 Å². The van der Waals surface area contributed by atoms with Gasteiger partial charge in [-0.05, 0) is 36.8 Å². The minimum Gasteiger partial charge on any atom is -0.338 e. The number of carbonyl (C=O) groups excluding carboxylic acids is 2. The first-order valence-electron chi connectivity index (χ1n) is 8.57. The molecule has 0 bridgehead atoms. The lowest BCUT2D eigenvalue weighted by Gasteiger charge is -2.20. The highest BCUT2D eigenvalue weighted by atomic mass is 32.2. The monoisotopic (exact) mass is 372 g/mol. The van der Waals surface area contributed by atoms with E-state index in [1.807, 2.05) is 17.0 Å². The van der Waals surface area contributed by atoms with Crippen molar-refractivity contribution < 1.29 is 14.0 Å². The van der Waals surface area contributed by atoms with Gasteiger partial charge in [-0.15, -0.1) is 0 Å². The largest absolute Gasteiger partial charge is 0.338 e. The van der Waals surface area contributed by atoms with Crippen LogP contribution in [0.4, 0.5) is 10.1 Å². The normalized spacial score (nSPS) is 17.5. The fourth-order valence-corrected chi connectivity index (χ4v) is 4.29. The van der Waals surface area contributed by atoms with Gasteiger partial charge in [0.1, 0.15) is 5.82 Å². The van der Waals surface area contributed by atoms with E-state index in [2.05, 4.69) is 5.32 Å². The van der Waals surface area contributed by atoms with Crippen molar-refractivity contribution in [2.24, 2.45) is 0 Å². The Kier molecular flexibility index (Phi) is 5.93. The van der Waals surface area contributed by atoms with E-state index in [-0.39, 0.29) is 22.9 Å². The fraction of sp³-hybridized carbons (Fsp3) is 0.300. The van der Waals surface area contributed by atoms with E-state index in [0.29, 0.717) is 29.9 Å². The highest BCUT2D eigenvalue weighted by Crippen LogP contribution is 2.35. The first-order chi connectivity index (χ1) is 12.5. The van der Waals surface area contributed by atoms with Gasteiger partial charge in [0.2, 0.25) is 5.91 Å². The van der Waals surface area contributed by atoms with Crippen LogP contribution >= 0.6 is 11.8 Å². The molecule has 3 rings (SSSR count). The van der Waals surface area contributed by atoms with Crippen LogP contribution in [-0.4, -0.2) is 35.6 Å². The van der Waals surface area contributed by atoms with Crippen molar-refractivity contribution in [1.29, 1.82) is 0 Å². The Morgan fingerprint density at radius 1 is 1.12 bits per heavy atom. The molecule has 0 radical (unpaired) electrons. The number of nitrogens with zero attached hydrogens (tertiary/aromatic N) is 1. The van der Waals surface area contributed by atoms with Crippen LogP contribution in [0.5, 0.6) is 0 Å². The van der Waals surface area contributed by atoms with Gasteiger partial charge in [0.25, 0.3) is 5.91 Å². The van der Waals surface area contributed by atoms with Crippen molar-refractivity contribution in [3.63, 3.8) is 0 Å². The number of amides is 2. The number of thioether (sulfide) groups is 1. The van der Waals surface area contributed by atoms with Crippen LogP contribution in [0.1, 0.15) is 34.5 Å². The topological polar surface area (TPSA) is 49.4 Å². The predicted octanol–water partition coefficient (Wildman–Crippen LogP) is 4.10. The molecule has 0 saturated carbocycles. The van der Waals surface area contributed by atoms with E-state index >= 15 is 0 Å². The molecule has 1 atom stereocenters. The molecular weight excluding hydrogens is 351 g/mol. The highest BCUT2D eigenvalue weighted by Gasteiger charge is 2.24. The maximum atomic E-state index is 14.0. The summed E-state index contributed by atoms with van der Waals surface area (Å²) in [5, 5.41) is 2.75. The third-order valence-electron chi connectivity index (χ3n) is 4.33. The number of nitrogens with one attached hydrogen (secondary N) is 1. The average molecular weight is 372 g/mol. The zero-order valence-electron chi connectivity index (χ0n) is 14.6. The molecule has 6 heteroatoms. The lowest BCUT2D eigenvalue weighted by Crippen LogP contribution is -2.32. The van der Waals surface area contributed by atoms with Gasteiger partial charge in [0, 0.05) is 47.8 Å². The smallest absolute Gasteiger partial charge is 0.253 e. The molecule has 1 saturated heterocycles. The molecular formula is C20H21FN2O2S. The molecule has 2 aromatic rings. The number of benzene rings is 2. The minimum atomic E-state index is -0.182. The summed E-state index contributed by atoms with van der Waals surface area (Å²) in [6.07, 6.45) is 0.724. The number of carbonyl (C=O) groups is 2. The number of anilines is 1. The first-order valence-corrected chi connectivity index (χ1v) is 9.62. The van der Waals surface area contributed by atoms with Gasteiger partial charge in [0.15, 0.2) is 0 Å². The molecule has 4 nitrogen and oxygen atoms in total. The number of halogens is 1. The van der Waals surface area contributed by atoms with Crippen molar-refractivity contribution in [3.05, 3.63) is 65.5 Å². The first kappa shape index (κ1) is 18.5.